The van der Waals surface area contributed by atoms with Gasteiger partial charge in [0.15, 0.2) is 0 Å². The molecule has 3 rings (SSSR count). The van der Waals surface area contributed by atoms with Gasteiger partial charge in [0.2, 0.25) is 0 Å². The maximum Gasteiger partial charge on any atom is 0.134 e. The number of piperazine rings is 2. The first-order valence-corrected chi connectivity index (χ1v) is 6.67. The lowest BCUT2D eigenvalue weighted by molar-refractivity contribution is 0.578. The number of nitrogens with zero attached hydrogens (tertiary/aromatic N) is 4. The molecule has 0 amide bonds. The van der Waals surface area contributed by atoms with Crippen molar-refractivity contribution >= 4 is 11.6 Å². The van der Waals surface area contributed by atoms with Crippen molar-refractivity contribution in [2.45, 2.75) is 0 Å². The lowest BCUT2D eigenvalue weighted by atomic mass is 10.3. The minimum absolute atomic E-state index is 1.03. The van der Waals surface area contributed by atoms with Crippen LogP contribution in [0.5, 0.6) is 0 Å². The van der Waals surface area contributed by atoms with Gasteiger partial charge in [0.05, 0.1) is 0 Å². The van der Waals surface area contributed by atoms with Crippen LogP contribution in [-0.2, 0) is 0 Å². The van der Waals surface area contributed by atoms with E-state index < -0.39 is 0 Å². The predicted octanol–water partition coefficient (Wildman–Crippen LogP) is -0.704. The van der Waals surface area contributed by atoms with Crippen molar-refractivity contribution in [2.75, 3.05) is 62.2 Å². The quantitative estimate of drug-likeness (QED) is 0.721. The van der Waals surface area contributed by atoms with Gasteiger partial charge < -0.3 is 20.4 Å². The number of hydrogen-bond donors (Lipinski definition) is 2. The Labute approximate surface area is 107 Å². The van der Waals surface area contributed by atoms with E-state index in [1.165, 1.54) is 0 Å². The Morgan fingerprint density at radius 2 is 1.22 bits per heavy atom. The van der Waals surface area contributed by atoms with Crippen molar-refractivity contribution in [1.82, 2.24) is 20.6 Å². The van der Waals surface area contributed by atoms with Crippen molar-refractivity contribution in [3.05, 3.63) is 12.4 Å². The molecule has 0 atom stereocenters. The number of nitrogens with one attached hydrogen (secondary N) is 2. The van der Waals surface area contributed by atoms with Crippen LogP contribution in [0.4, 0.5) is 11.6 Å². The van der Waals surface area contributed by atoms with Crippen LogP contribution in [0.15, 0.2) is 12.4 Å². The molecular weight excluding hydrogens is 228 g/mol. The highest BCUT2D eigenvalue weighted by molar-refractivity contribution is 5.50. The van der Waals surface area contributed by atoms with Gasteiger partial charge in [-0.25, -0.2) is 9.97 Å². The zero-order valence-electron chi connectivity index (χ0n) is 10.6. The second kappa shape index (κ2) is 5.49. The number of hydrogen-bond acceptors (Lipinski definition) is 6. The zero-order valence-corrected chi connectivity index (χ0v) is 10.6. The fraction of sp³-hybridized carbons (Fsp3) is 0.667. The Morgan fingerprint density at radius 1 is 0.778 bits per heavy atom. The van der Waals surface area contributed by atoms with Gasteiger partial charge in [-0.05, 0) is 0 Å². The van der Waals surface area contributed by atoms with E-state index in [-0.39, 0.29) is 0 Å². The molecule has 2 fully saturated rings. The molecule has 2 N–H and O–H groups in total. The molecule has 18 heavy (non-hydrogen) atoms. The molecule has 98 valence electrons. The number of aromatic nitrogens is 2. The van der Waals surface area contributed by atoms with E-state index in [1.807, 2.05) is 0 Å². The van der Waals surface area contributed by atoms with E-state index in [0.29, 0.717) is 0 Å². The van der Waals surface area contributed by atoms with Crippen LogP contribution >= 0.6 is 0 Å². The molecule has 3 heterocycles. The molecular formula is C12H20N6. The summed E-state index contributed by atoms with van der Waals surface area (Å²) in [5, 5.41) is 6.72. The molecule has 2 saturated heterocycles. The molecule has 1 aromatic heterocycles. The zero-order chi connectivity index (χ0) is 12.2. The first-order valence-electron chi connectivity index (χ1n) is 6.67. The van der Waals surface area contributed by atoms with Crippen molar-refractivity contribution < 1.29 is 0 Å². The Morgan fingerprint density at radius 3 is 1.67 bits per heavy atom. The van der Waals surface area contributed by atoms with Crippen molar-refractivity contribution in [1.29, 1.82) is 0 Å². The van der Waals surface area contributed by atoms with Gasteiger partial charge in [0.25, 0.3) is 0 Å². The first kappa shape index (κ1) is 11.7. The predicted molar refractivity (Wildman–Crippen MR) is 72.2 cm³/mol. The van der Waals surface area contributed by atoms with Gasteiger partial charge in [-0.1, -0.05) is 0 Å². The molecule has 2 aliphatic heterocycles. The molecule has 0 saturated carbocycles. The molecule has 6 nitrogen and oxygen atoms in total. The molecule has 0 aromatic carbocycles. The van der Waals surface area contributed by atoms with E-state index in [9.17, 15) is 0 Å². The second-order valence-corrected chi connectivity index (χ2v) is 4.71. The second-order valence-electron chi connectivity index (χ2n) is 4.71. The molecule has 0 aliphatic carbocycles. The minimum Gasteiger partial charge on any atom is -0.354 e. The van der Waals surface area contributed by atoms with Crippen LogP contribution < -0.4 is 20.4 Å². The third kappa shape index (κ3) is 2.54. The summed E-state index contributed by atoms with van der Waals surface area (Å²) >= 11 is 0. The highest BCUT2D eigenvalue weighted by Gasteiger charge is 2.15. The third-order valence-electron chi connectivity index (χ3n) is 3.52. The van der Waals surface area contributed by atoms with Gasteiger partial charge >= 0.3 is 0 Å². The van der Waals surface area contributed by atoms with Gasteiger partial charge in [0.1, 0.15) is 18.0 Å². The van der Waals surface area contributed by atoms with E-state index in [0.717, 1.165) is 64.0 Å². The largest absolute Gasteiger partial charge is 0.354 e. The SMILES string of the molecule is c1nc(N2CCNCC2)cc(N2CCNCC2)n1. The lowest BCUT2D eigenvalue weighted by Gasteiger charge is -2.31. The number of rotatable bonds is 2. The Kier molecular flexibility index (Phi) is 3.56. The molecule has 6 heteroatoms. The molecule has 0 bridgehead atoms. The van der Waals surface area contributed by atoms with E-state index in [2.05, 4.69) is 36.5 Å². The maximum absolute atomic E-state index is 4.40. The molecule has 0 radical (unpaired) electrons. The van der Waals surface area contributed by atoms with Gasteiger partial charge in [-0.3, -0.25) is 0 Å². The van der Waals surface area contributed by atoms with Gasteiger partial charge in [-0.15, -0.1) is 0 Å². The molecule has 0 unspecified atom stereocenters. The highest BCUT2D eigenvalue weighted by Crippen LogP contribution is 2.18. The lowest BCUT2D eigenvalue weighted by Crippen LogP contribution is -2.45. The molecule has 0 spiro atoms. The van der Waals surface area contributed by atoms with Crippen molar-refractivity contribution in [2.24, 2.45) is 0 Å². The fourth-order valence-corrected chi connectivity index (χ4v) is 2.47. The summed E-state index contributed by atoms with van der Waals surface area (Å²) in [6, 6.07) is 2.12. The normalized spacial score (nSPS) is 21.1. The van der Waals surface area contributed by atoms with Crippen LogP contribution in [0.3, 0.4) is 0 Å². The fourth-order valence-electron chi connectivity index (χ4n) is 2.47. The summed E-state index contributed by atoms with van der Waals surface area (Å²) in [5.74, 6) is 2.11. The third-order valence-corrected chi connectivity index (χ3v) is 3.52. The van der Waals surface area contributed by atoms with Crippen LogP contribution in [-0.4, -0.2) is 62.3 Å². The summed E-state index contributed by atoms with van der Waals surface area (Å²) in [7, 11) is 0. The first-order chi connectivity index (χ1) is 8.93. The van der Waals surface area contributed by atoms with Crippen LogP contribution in [0.25, 0.3) is 0 Å². The average molecular weight is 248 g/mol. The molecule has 1 aromatic rings. The monoisotopic (exact) mass is 248 g/mol. The maximum atomic E-state index is 4.40. The van der Waals surface area contributed by atoms with E-state index in [4.69, 9.17) is 0 Å². The Bertz CT molecular complexity index is 351. The van der Waals surface area contributed by atoms with Gasteiger partial charge in [0, 0.05) is 58.4 Å². The van der Waals surface area contributed by atoms with Crippen molar-refractivity contribution in [3.63, 3.8) is 0 Å². The summed E-state index contributed by atoms with van der Waals surface area (Å²) in [5.41, 5.74) is 0. The Balaban J connectivity index is 1.75. The summed E-state index contributed by atoms with van der Waals surface area (Å²) in [6.07, 6.45) is 1.69. The van der Waals surface area contributed by atoms with Gasteiger partial charge in [-0.2, -0.15) is 0 Å². The van der Waals surface area contributed by atoms with Crippen molar-refractivity contribution in [3.8, 4) is 0 Å². The topological polar surface area (TPSA) is 56.3 Å². The number of anilines is 2. The van der Waals surface area contributed by atoms with Crippen LogP contribution in [0.2, 0.25) is 0 Å². The summed E-state index contributed by atoms with van der Waals surface area (Å²) in [4.78, 5) is 13.5. The average Bonchev–Trinajstić information content (AvgIpc) is 2.49. The van der Waals surface area contributed by atoms with E-state index in [1.54, 1.807) is 6.33 Å². The molecule has 2 aliphatic rings. The highest BCUT2D eigenvalue weighted by atomic mass is 15.3. The van der Waals surface area contributed by atoms with E-state index >= 15 is 0 Å². The minimum atomic E-state index is 1.03. The summed E-state index contributed by atoms with van der Waals surface area (Å²) in [6.45, 7) is 8.24. The standard InChI is InChI=1S/C12H20N6/c1-5-17(6-2-13-1)11-9-12(16-10-15-11)18-7-3-14-4-8-18/h9-10,13-14H,1-8H2. The Hall–Kier alpha value is -1.40. The smallest absolute Gasteiger partial charge is 0.134 e. The summed E-state index contributed by atoms with van der Waals surface area (Å²) < 4.78 is 0. The van der Waals surface area contributed by atoms with Crippen LogP contribution in [0.1, 0.15) is 0 Å². The van der Waals surface area contributed by atoms with Crippen LogP contribution in [0, 0.1) is 0 Å².